The third kappa shape index (κ3) is 15.5. The Labute approximate surface area is 332 Å². The maximum Gasteiger partial charge on any atom is 0.249 e. The molecule has 0 aromatic heterocycles. The average Bonchev–Trinajstić information content (AvgIpc) is 3.65. The molecular formula is C39H65N11O6. The number of carbonyl (C=O) groups excluding carboxylic acids is 6. The van der Waals surface area contributed by atoms with E-state index in [2.05, 4.69) is 24.5 Å². The summed E-state index contributed by atoms with van der Waals surface area (Å²) in [5, 5.41) is 28.6. The van der Waals surface area contributed by atoms with E-state index in [1.165, 1.54) is 21.1 Å². The van der Waals surface area contributed by atoms with Gasteiger partial charge in [-0.25, -0.2) is 0 Å². The highest BCUT2D eigenvalue weighted by molar-refractivity contribution is 6.04. The van der Waals surface area contributed by atoms with Crippen LogP contribution in [-0.2, 0) is 30.5 Å². The van der Waals surface area contributed by atoms with E-state index in [0.29, 0.717) is 57.5 Å². The van der Waals surface area contributed by atoms with Gasteiger partial charge in [0.05, 0.1) is 32.8 Å². The molecule has 312 valence electrons. The number of hydrogen-bond acceptors (Lipinski definition) is 10. The van der Waals surface area contributed by atoms with Crippen molar-refractivity contribution in [3.05, 3.63) is 35.4 Å². The van der Waals surface area contributed by atoms with Gasteiger partial charge >= 0.3 is 0 Å². The molecule has 0 atom stereocenters. The lowest BCUT2D eigenvalue weighted by atomic mass is 10.00. The lowest BCUT2D eigenvalue weighted by Crippen LogP contribution is -2.35. The summed E-state index contributed by atoms with van der Waals surface area (Å²) >= 11 is 0. The van der Waals surface area contributed by atoms with E-state index in [4.69, 9.17) is 16.2 Å². The lowest BCUT2D eigenvalue weighted by molar-refractivity contribution is -0.126. The first-order valence-electron chi connectivity index (χ1n) is 19.2. The minimum Gasteiger partial charge on any atom is -0.344 e. The Bertz CT molecular complexity index is 1550. The van der Waals surface area contributed by atoms with Crippen LogP contribution in [0.1, 0.15) is 89.6 Å². The summed E-state index contributed by atoms with van der Waals surface area (Å²) in [6.07, 6.45) is 3.30. The number of benzene rings is 1. The molecule has 17 nitrogen and oxygen atoms in total. The first-order valence-corrected chi connectivity index (χ1v) is 19.2. The SMILES string of the molecule is CC(C)C(=O)CCCN1C(=N)N(C)CC1=O.CC(C)C(=O)c1ccc(CN2C(=N)N(C)CC2=O)cc1.CCC.CNCNC(=O)CCCN1C(=N)N(C)CC1=O. The lowest BCUT2D eigenvalue weighted by Gasteiger charge is -2.17. The maximum atomic E-state index is 11.8. The standard InChI is InChI=1S/C15H19N3O2.C11H19N3O2.C10H19N5O2.C3H8/c1-10(2)14(20)12-6-4-11(5-7-12)8-18-13(19)9-17(3)15(18)16;1-8(2)9(15)5-4-6-14-10(16)7-13(3)11(14)12;1-12-7-13-8(16)4-3-5-15-9(17)6-14(2)10(15)11;1-3-2/h4-7,10,16H,8-9H2,1-3H3;8,12H,4-7H2,1-3H3;11-12H,3-7H2,1-2H3,(H,13,16);3H2,1-2H3. The highest BCUT2D eigenvalue weighted by atomic mass is 16.2. The van der Waals surface area contributed by atoms with Crippen LogP contribution in [0.15, 0.2) is 24.3 Å². The molecule has 4 amide bonds. The molecular weight excluding hydrogens is 718 g/mol. The molecule has 0 saturated carbocycles. The largest absolute Gasteiger partial charge is 0.344 e. The van der Waals surface area contributed by atoms with Gasteiger partial charge in [-0.2, -0.15) is 0 Å². The molecule has 3 aliphatic rings. The number of likely N-dealkylation sites (N-methyl/N-ethyl adjacent to an activating group) is 3. The highest BCUT2D eigenvalue weighted by Gasteiger charge is 2.32. The molecule has 3 saturated heterocycles. The number of nitrogens with one attached hydrogen (secondary N) is 5. The second-order valence-electron chi connectivity index (χ2n) is 14.5. The van der Waals surface area contributed by atoms with Crippen molar-refractivity contribution >= 4 is 53.1 Å². The predicted octanol–water partition coefficient (Wildman–Crippen LogP) is 2.62. The first kappa shape index (κ1) is 48.8. The van der Waals surface area contributed by atoms with Gasteiger partial charge in [-0.15, -0.1) is 0 Å². The first-order chi connectivity index (χ1) is 26.3. The van der Waals surface area contributed by atoms with E-state index >= 15 is 0 Å². The minimum absolute atomic E-state index is 0.0252. The topological polar surface area (TPSA) is 217 Å². The molecule has 0 unspecified atom stereocenters. The smallest absolute Gasteiger partial charge is 0.249 e. The van der Waals surface area contributed by atoms with Crippen molar-refractivity contribution in [3.63, 3.8) is 0 Å². The van der Waals surface area contributed by atoms with Crippen molar-refractivity contribution in [1.29, 1.82) is 16.2 Å². The summed E-state index contributed by atoms with van der Waals surface area (Å²) in [5.74, 6) is 0.778. The van der Waals surface area contributed by atoms with Crippen molar-refractivity contribution in [2.24, 2.45) is 11.8 Å². The van der Waals surface area contributed by atoms with Gasteiger partial charge in [0.2, 0.25) is 41.5 Å². The van der Waals surface area contributed by atoms with Gasteiger partial charge in [0.25, 0.3) is 0 Å². The van der Waals surface area contributed by atoms with Crippen LogP contribution in [0.2, 0.25) is 0 Å². The monoisotopic (exact) mass is 784 g/mol. The number of rotatable bonds is 15. The maximum absolute atomic E-state index is 11.8. The summed E-state index contributed by atoms with van der Waals surface area (Å²) in [6, 6.07) is 7.25. The molecule has 3 heterocycles. The van der Waals surface area contributed by atoms with E-state index < -0.39 is 0 Å². The number of guanidine groups is 3. The van der Waals surface area contributed by atoms with Crippen molar-refractivity contribution in [2.45, 2.75) is 80.2 Å². The zero-order valence-corrected chi connectivity index (χ0v) is 35.1. The molecule has 1 aromatic carbocycles. The fourth-order valence-corrected chi connectivity index (χ4v) is 5.35. The van der Waals surface area contributed by atoms with Crippen LogP contribution in [0.4, 0.5) is 0 Å². The van der Waals surface area contributed by atoms with Crippen LogP contribution in [0.5, 0.6) is 0 Å². The van der Waals surface area contributed by atoms with E-state index in [1.807, 2.05) is 39.8 Å². The van der Waals surface area contributed by atoms with Crippen LogP contribution in [-0.4, -0.2) is 150 Å². The number of nitrogens with zero attached hydrogens (tertiary/aromatic N) is 6. The van der Waals surface area contributed by atoms with Gasteiger partial charge in [-0.1, -0.05) is 72.2 Å². The average molecular weight is 784 g/mol. The van der Waals surface area contributed by atoms with Gasteiger partial charge in [-0.05, 0) is 25.5 Å². The van der Waals surface area contributed by atoms with E-state index in [9.17, 15) is 28.8 Å². The Morgan fingerprint density at radius 2 is 1.09 bits per heavy atom. The quantitative estimate of drug-likeness (QED) is 0.129. The Hall–Kier alpha value is -5.19. The Morgan fingerprint density at radius 1 is 0.679 bits per heavy atom. The Kier molecular flexibility index (Phi) is 21.2. The van der Waals surface area contributed by atoms with Crippen molar-refractivity contribution < 1.29 is 28.8 Å². The summed E-state index contributed by atoms with van der Waals surface area (Å²) in [7, 11) is 6.91. The molecule has 17 heteroatoms. The van der Waals surface area contributed by atoms with Crippen LogP contribution >= 0.6 is 0 Å². The van der Waals surface area contributed by atoms with Crippen molar-refractivity contribution in [2.75, 3.05) is 67.6 Å². The number of hydrogen-bond donors (Lipinski definition) is 5. The molecule has 1 aromatic rings. The molecule has 4 rings (SSSR count). The third-order valence-corrected chi connectivity index (χ3v) is 8.67. The fourth-order valence-electron chi connectivity index (χ4n) is 5.35. The van der Waals surface area contributed by atoms with E-state index in [0.717, 1.165) is 5.56 Å². The summed E-state index contributed by atoms with van der Waals surface area (Å²) in [6.45, 7) is 14.2. The molecule has 56 heavy (non-hydrogen) atoms. The summed E-state index contributed by atoms with van der Waals surface area (Å²) in [5.41, 5.74) is 1.60. The van der Waals surface area contributed by atoms with Crippen LogP contribution in [0, 0.1) is 28.1 Å². The molecule has 3 fully saturated rings. The Balaban J connectivity index is 0.000000408. The molecule has 0 radical (unpaired) electrons. The summed E-state index contributed by atoms with van der Waals surface area (Å²) < 4.78 is 0. The molecule has 3 aliphatic heterocycles. The number of ketones is 2. The number of carbonyl (C=O) groups is 6. The van der Waals surface area contributed by atoms with Gasteiger partial charge in [0, 0.05) is 64.5 Å². The fraction of sp³-hybridized carbons (Fsp3) is 0.615. The van der Waals surface area contributed by atoms with Crippen LogP contribution in [0.3, 0.4) is 0 Å². The van der Waals surface area contributed by atoms with E-state index in [-0.39, 0.29) is 84.5 Å². The second kappa shape index (κ2) is 24.3. The molecule has 0 aliphatic carbocycles. The predicted molar refractivity (Wildman–Crippen MR) is 217 cm³/mol. The number of amides is 4. The molecule has 5 N–H and O–H groups in total. The molecule has 0 bridgehead atoms. The Morgan fingerprint density at radius 3 is 1.45 bits per heavy atom. The van der Waals surface area contributed by atoms with Gasteiger partial charge < -0.3 is 25.3 Å². The summed E-state index contributed by atoms with van der Waals surface area (Å²) in [4.78, 5) is 78.3. The van der Waals surface area contributed by atoms with E-state index in [1.54, 1.807) is 55.0 Å². The minimum atomic E-state index is -0.0758. The van der Waals surface area contributed by atoms with Gasteiger partial charge in [0.1, 0.15) is 5.78 Å². The normalized spacial score (nSPS) is 15.3. The van der Waals surface area contributed by atoms with Crippen LogP contribution in [0.25, 0.3) is 0 Å². The second-order valence-corrected chi connectivity index (χ2v) is 14.5. The van der Waals surface area contributed by atoms with Gasteiger partial charge in [0.15, 0.2) is 5.78 Å². The van der Waals surface area contributed by atoms with Gasteiger partial charge in [-0.3, -0.25) is 59.7 Å². The van der Waals surface area contributed by atoms with Crippen molar-refractivity contribution in [3.8, 4) is 0 Å². The zero-order chi connectivity index (χ0) is 42.7. The molecule has 0 spiro atoms. The third-order valence-electron chi connectivity index (χ3n) is 8.67. The number of Topliss-reactive ketones (excluding diaryl/α,β-unsaturated/α-hetero) is 2. The van der Waals surface area contributed by atoms with Crippen LogP contribution < -0.4 is 10.6 Å². The zero-order valence-electron chi connectivity index (χ0n) is 35.1. The highest BCUT2D eigenvalue weighted by Crippen LogP contribution is 2.15. The van der Waals surface area contributed by atoms with Crippen molar-refractivity contribution in [1.82, 2.24) is 40.0 Å².